The quantitative estimate of drug-likeness (QED) is 0.491. The molecule has 1 aliphatic heterocycles. The minimum absolute atomic E-state index is 0.215. The highest BCUT2D eigenvalue weighted by Crippen LogP contribution is 2.13. The molecule has 3 rings (SSSR count). The lowest BCUT2D eigenvalue weighted by Crippen LogP contribution is -2.26. The molecule has 0 radical (unpaired) electrons. The van der Waals surface area contributed by atoms with E-state index in [1.54, 1.807) is 36.4 Å². The molecule has 2 aromatic rings. The van der Waals surface area contributed by atoms with Crippen LogP contribution >= 0.6 is 0 Å². The van der Waals surface area contributed by atoms with Crippen LogP contribution in [0.4, 0.5) is 5.69 Å². The fourth-order valence-corrected chi connectivity index (χ4v) is 5.17. The second-order valence-corrected chi connectivity index (χ2v) is 10.7. The van der Waals surface area contributed by atoms with Crippen molar-refractivity contribution in [3.63, 3.8) is 0 Å². The van der Waals surface area contributed by atoms with Gasteiger partial charge in [0.05, 0.1) is 5.75 Å². The van der Waals surface area contributed by atoms with Crippen molar-refractivity contribution < 1.29 is 18.0 Å². The highest BCUT2D eigenvalue weighted by atomic mass is 32.2. The molecule has 1 saturated heterocycles. The zero-order valence-electron chi connectivity index (χ0n) is 19.2. The van der Waals surface area contributed by atoms with Crippen molar-refractivity contribution in [2.45, 2.75) is 38.4 Å². The number of rotatable bonds is 11. The molecule has 1 heterocycles. The number of hydrogen-bond acceptors (Lipinski definition) is 5. The summed E-state index contributed by atoms with van der Waals surface area (Å²) in [6.45, 7) is 5.94. The number of amides is 2. The number of aryl methyl sites for hydroxylation is 1. The number of carbonyl (C=O) groups excluding carboxylic acids is 2. The maximum atomic E-state index is 12.5. The van der Waals surface area contributed by atoms with Crippen molar-refractivity contribution in [1.82, 2.24) is 10.2 Å². The van der Waals surface area contributed by atoms with E-state index in [0.29, 0.717) is 23.4 Å². The van der Waals surface area contributed by atoms with E-state index >= 15 is 0 Å². The fraction of sp³-hybridized carbons (Fsp3) is 0.440. The first-order valence-corrected chi connectivity index (χ1v) is 13.3. The first-order chi connectivity index (χ1) is 15.8. The molecule has 178 valence electrons. The van der Waals surface area contributed by atoms with Crippen LogP contribution in [0.1, 0.15) is 47.2 Å². The SMILES string of the molecule is Cc1ccc(NC(=O)CS(=O)(=O)Cc2cccc(C(=O)NCCCCN3CCCC3)c2)cc1. The molecule has 2 aromatic carbocycles. The van der Waals surface area contributed by atoms with Gasteiger partial charge in [-0.1, -0.05) is 29.8 Å². The number of hydrogen-bond donors (Lipinski definition) is 2. The van der Waals surface area contributed by atoms with Crippen LogP contribution in [-0.2, 0) is 20.4 Å². The van der Waals surface area contributed by atoms with Crippen LogP contribution in [0.25, 0.3) is 0 Å². The van der Waals surface area contributed by atoms with Crippen LogP contribution < -0.4 is 10.6 Å². The summed E-state index contributed by atoms with van der Waals surface area (Å²) in [5, 5.41) is 5.51. The van der Waals surface area contributed by atoms with Gasteiger partial charge < -0.3 is 15.5 Å². The summed E-state index contributed by atoms with van der Waals surface area (Å²) in [4.78, 5) is 27.1. The molecule has 7 nitrogen and oxygen atoms in total. The monoisotopic (exact) mass is 471 g/mol. The van der Waals surface area contributed by atoms with Crippen molar-refractivity contribution in [3.8, 4) is 0 Å². The van der Waals surface area contributed by atoms with Crippen LogP contribution in [0.2, 0.25) is 0 Å². The van der Waals surface area contributed by atoms with E-state index < -0.39 is 21.5 Å². The molecule has 0 aromatic heterocycles. The van der Waals surface area contributed by atoms with Gasteiger partial charge in [-0.25, -0.2) is 8.42 Å². The Balaban J connectivity index is 1.45. The number of benzene rings is 2. The molecular weight excluding hydrogens is 438 g/mol. The normalized spacial score (nSPS) is 14.2. The van der Waals surface area contributed by atoms with Gasteiger partial charge in [0.15, 0.2) is 9.84 Å². The molecule has 33 heavy (non-hydrogen) atoms. The Labute approximate surface area is 196 Å². The van der Waals surface area contributed by atoms with Crippen LogP contribution in [0.5, 0.6) is 0 Å². The number of nitrogens with zero attached hydrogens (tertiary/aromatic N) is 1. The molecule has 1 aliphatic rings. The van der Waals surface area contributed by atoms with E-state index in [0.717, 1.165) is 24.9 Å². The van der Waals surface area contributed by atoms with Crippen LogP contribution in [-0.4, -0.2) is 57.1 Å². The zero-order valence-corrected chi connectivity index (χ0v) is 20.0. The number of likely N-dealkylation sites (tertiary alicyclic amines) is 1. The summed E-state index contributed by atoms with van der Waals surface area (Å²) >= 11 is 0. The predicted molar refractivity (Wildman–Crippen MR) is 131 cm³/mol. The summed E-state index contributed by atoms with van der Waals surface area (Å²) in [5.74, 6) is -1.71. The lowest BCUT2D eigenvalue weighted by Gasteiger charge is -2.14. The highest BCUT2D eigenvalue weighted by molar-refractivity contribution is 7.91. The van der Waals surface area contributed by atoms with Crippen molar-refractivity contribution in [2.24, 2.45) is 0 Å². The second kappa shape index (κ2) is 12.0. The fourth-order valence-electron chi connectivity index (χ4n) is 3.91. The minimum atomic E-state index is -3.69. The molecule has 2 N–H and O–H groups in total. The maximum absolute atomic E-state index is 12.5. The van der Waals surface area contributed by atoms with Crippen molar-refractivity contribution in [2.75, 3.05) is 37.2 Å². The van der Waals surface area contributed by atoms with Gasteiger partial charge in [-0.2, -0.15) is 0 Å². The Morgan fingerprint density at radius 2 is 1.73 bits per heavy atom. The Morgan fingerprint density at radius 3 is 2.45 bits per heavy atom. The van der Waals surface area contributed by atoms with E-state index in [9.17, 15) is 18.0 Å². The van der Waals surface area contributed by atoms with Crippen LogP contribution in [0.15, 0.2) is 48.5 Å². The second-order valence-electron chi connectivity index (χ2n) is 8.66. The molecule has 0 bridgehead atoms. The van der Waals surface area contributed by atoms with Gasteiger partial charge in [-0.3, -0.25) is 9.59 Å². The standard InChI is InChI=1S/C25H33N3O4S/c1-20-9-11-23(12-10-20)27-24(29)19-33(31,32)18-21-7-6-8-22(17-21)25(30)26-13-2-3-14-28-15-4-5-16-28/h6-12,17H,2-5,13-16,18-19H2,1H3,(H,26,30)(H,27,29). The van der Waals surface area contributed by atoms with Crippen molar-refractivity contribution >= 4 is 27.3 Å². The Hall–Kier alpha value is -2.71. The zero-order chi connectivity index (χ0) is 23.7. The molecule has 0 spiro atoms. The van der Waals surface area contributed by atoms with Gasteiger partial charge in [0.25, 0.3) is 5.91 Å². The molecule has 0 aliphatic carbocycles. The topological polar surface area (TPSA) is 95.6 Å². The van der Waals surface area contributed by atoms with E-state index in [-0.39, 0.29) is 11.7 Å². The van der Waals surface area contributed by atoms with Crippen LogP contribution in [0.3, 0.4) is 0 Å². The van der Waals surface area contributed by atoms with Gasteiger partial charge in [-0.15, -0.1) is 0 Å². The minimum Gasteiger partial charge on any atom is -0.352 e. The first-order valence-electron chi connectivity index (χ1n) is 11.5. The Bertz CT molecular complexity index is 1050. The molecule has 0 unspecified atom stereocenters. The molecule has 1 fully saturated rings. The lowest BCUT2D eigenvalue weighted by molar-refractivity contribution is -0.113. The molecule has 0 saturated carbocycles. The highest BCUT2D eigenvalue weighted by Gasteiger charge is 2.18. The Morgan fingerprint density at radius 1 is 1.00 bits per heavy atom. The number of carbonyl (C=O) groups is 2. The predicted octanol–water partition coefficient (Wildman–Crippen LogP) is 3.15. The van der Waals surface area contributed by atoms with Crippen LogP contribution in [0, 0.1) is 6.92 Å². The average Bonchev–Trinajstić information content (AvgIpc) is 3.28. The third-order valence-electron chi connectivity index (χ3n) is 5.65. The Kier molecular flexibility index (Phi) is 9.03. The third kappa shape index (κ3) is 8.63. The average molecular weight is 472 g/mol. The van der Waals surface area contributed by atoms with Gasteiger partial charge >= 0.3 is 0 Å². The van der Waals surface area contributed by atoms with E-state index in [4.69, 9.17) is 0 Å². The summed E-state index contributed by atoms with van der Waals surface area (Å²) in [6, 6.07) is 13.7. The summed E-state index contributed by atoms with van der Waals surface area (Å²) in [5.41, 5.74) is 2.51. The first kappa shape index (κ1) is 24.9. The summed E-state index contributed by atoms with van der Waals surface area (Å²) in [6.07, 6.45) is 4.51. The van der Waals surface area contributed by atoms with Crippen molar-refractivity contribution in [3.05, 3.63) is 65.2 Å². The number of unbranched alkanes of at least 4 members (excludes halogenated alkanes) is 1. The summed E-state index contributed by atoms with van der Waals surface area (Å²) in [7, 11) is -3.69. The summed E-state index contributed by atoms with van der Waals surface area (Å²) < 4.78 is 25.0. The van der Waals surface area contributed by atoms with E-state index in [2.05, 4.69) is 15.5 Å². The largest absolute Gasteiger partial charge is 0.352 e. The molecule has 2 amide bonds. The number of sulfone groups is 1. The van der Waals surface area contributed by atoms with Crippen molar-refractivity contribution in [1.29, 1.82) is 0 Å². The maximum Gasteiger partial charge on any atom is 0.251 e. The molecule has 8 heteroatoms. The lowest BCUT2D eigenvalue weighted by atomic mass is 10.1. The van der Waals surface area contributed by atoms with E-state index in [1.165, 1.54) is 25.9 Å². The number of nitrogens with one attached hydrogen (secondary N) is 2. The van der Waals surface area contributed by atoms with E-state index in [1.807, 2.05) is 19.1 Å². The third-order valence-corrected chi connectivity index (χ3v) is 7.12. The molecule has 0 atom stereocenters. The van der Waals surface area contributed by atoms with Gasteiger partial charge in [0.1, 0.15) is 5.75 Å². The van der Waals surface area contributed by atoms with Gasteiger partial charge in [-0.05, 0) is 82.1 Å². The number of anilines is 1. The molecular formula is C25H33N3O4S. The smallest absolute Gasteiger partial charge is 0.251 e. The van der Waals surface area contributed by atoms with Gasteiger partial charge in [0.2, 0.25) is 5.91 Å². The van der Waals surface area contributed by atoms with Gasteiger partial charge in [0, 0.05) is 17.8 Å².